The van der Waals surface area contributed by atoms with Gasteiger partial charge in [0.25, 0.3) is 0 Å². The minimum atomic E-state index is -1.11. The molecule has 2 amide bonds. The molecule has 4 N–H and O–H groups in total. The predicted molar refractivity (Wildman–Crippen MR) is 58.5 cm³/mol. The van der Waals surface area contributed by atoms with Crippen molar-refractivity contribution in [1.82, 2.24) is 4.90 Å². The molecule has 0 unspecified atom stereocenters. The van der Waals surface area contributed by atoms with Crippen molar-refractivity contribution in [1.29, 1.82) is 0 Å². The lowest BCUT2D eigenvalue weighted by Crippen LogP contribution is -2.54. The number of carbonyl (C=O) groups excluding carboxylic acids is 2. The SMILES string of the molecule is CC(C)(C)OC(=O)N1CC[C@@](N)(C(N)=O)C1. The third kappa shape index (κ3) is 2.85. The Labute approximate surface area is 94.9 Å². The molecule has 1 heterocycles. The summed E-state index contributed by atoms with van der Waals surface area (Å²) in [6.07, 6.45) is -0.0808. The minimum Gasteiger partial charge on any atom is -0.444 e. The van der Waals surface area contributed by atoms with Crippen molar-refractivity contribution in [2.24, 2.45) is 11.5 Å². The van der Waals surface area contributed by atoms with Crippen LogP contribution in [0.1, 0.15) is 27.2 Å². The Balaban J connectivity index is 2.60. The number of nitrogens with zero attached hydrogens (tertiary/aromatic N) is 1. The highest BCUT2D eigenvalue weighted by molar-refractivity contribution is 5.86. The largest absolute Gasteiger partial charge is 0.444 e. The first-order chi connectivity index (χ1) is 7.14. The molecule has 6 nitrogen and oxygen atoms in total. The number of hydrogen-bond acceptors (Lipinski definition) is 4. The molecule has 92 valence electrons. The Morgan fingerprint density at radius 1 is 1.38 bits per heavy atom. The number of amides is 2. The van der Waals surface area contributed by atoms with Crippen LogP contribution in [-0.2, 0) is 9.53 Å². The van der Waals surface area contributed by atoms with Gasteiger partial charge >= 0.3 is 6.09 Å². The van der Waals surface area contributed by atoms with E-state index in [-0.39, 0.29) is 6.54 Å². The molecule has 0 radical (unpaired) electrons. The molecule has 1 rings (SSSR count). The van der Waals surface area contributed by atoms with Gasteiger partial charge in [-0.05, 0) is 27.2 Å². The molecule has 0 saturated carbocycles. The molecular weight excluding hydrogens is 210 g/mol. The van der Waals surface area contributed by atoms with Gasteiger partial charge in [0.15, 0.2) is 0 Å². The molecule has 0 bridgehead atoms. The first-order valence-electron chi connectivity index (χ1n) is 5.21. The molecule has 1 fully saturated rings. The maximum absolute atomic E-state index is 11.7. The molecule has 1 aliphatic rings. The number of hydrogen-bond donors (Lipinski definition) is 2. The van der Waals surface area contributed by atoms with E-state index in [0.29, 0.717) is 13.0 Å². The number of nitrogens with two attached hydrogens (primary N) is 2. The Morgan fingerprint density at radius 3 is 2.31 bits per heavy atom. The highest BCUT2D eigenvalue weighted by Gasteiger charge is 2.42. The second-order valence-electron chi connectivity index (χ2n) is 5.17. The van der Waals surface area contributed by atoms with Gasteiger partial charge in [0.05, 0.1) is 6.54 Å². The number of ether oxygens (including phenoxy) is 1. The highest BCUT2D eigenvalue weighted by atomic mass is 16.6. The van der Waals surface area contributed by atoms with Gasteiger partial charge in [0, 0.05) is 6.54 Å². The summed E-state index contributed by atoms with van der Waals surface area (Å²) in [7, 11) is 0. The maximum Gasteiger partial charge on any atom is 0.410 e. The number of carbonyl (C=O) groups is 2. The van der Waals surface area contributed by atoms with Gasteiger partial charge in [0.1, 0.15) is 11.1 Å². The second kappa shape index (κ2) is 3.93. The Kier molecular flexibility index (Phi) is 3.14. The number of likely N-dealkylation sites (tertiary alicyclic amines) is 1. The van der Waals surface area contributed by atoms with Gasteiger partial charge in [-0.1, -0.05) is 0 Å². The average Bonchev–Trinajstić information content (AvgIpc) is 2.46. The molecule has 1 aliphatic heterocycles. The van der Waals surface area contributed by atoms with Crippen LogP contribution >= 0.6 is 0 Å². The van der Waals surface area contributed by atoms with E-state index >= 15 is 0 Å². The van der Waals surface area contributed by atoms with Crippen molar-refractivity contribution in [2.45, 2.75) is 38.3 Å². The van der Waals surface area contributed by atoms with Crippen LogP contribution in [-0.4, -0.2) is 41.1 Å². The predicted octanol–water partition coefficient (Wildman–Crippen LogP) is -0.190. The van der Waals surface area contributed by atoms with Crippen LogP contribution in [0.15, 0.2) is 0 Å². The fourth-order valence-electron chi connectivity index (χ4n) is 1.52. The summed E-state index contributed by atoms with van der Waals surface area (Å²) < 4.78 is 5.17. The topological polar surface area (TPSA) is 98.7 Å². The summed E-state index contributed by atoms with van der Waals surface area (Å²) in [5, 5.41) is 0. The van der Waals surface area contributed by atoms with E-state index < -0.39 is 23.1 Å². The summed E-state index contributed by atoms with van der Waals surface area (Å²) in [6, 6.07) is 0. The molecule has 0 aliphatic carbocycles. The zero-order valence-corrected chi connectivity index (χ0v) is 9.95. The normalized spacial score (nSPS) is 25.6. The zero-order chi connectivity index (χ0) is 12.6. The third-order valence-electron chi connectivity index (χ3n) is 2.44. The minimum absolute atomic E-state index is 0.122. The summed E-state index contributed by atoms with van der Waals surface area (Å²) in [4.78, 5) is 24.2. The van der Waals surface area contributed by atoms with Crippen molar-refractivity contribution in [3.63, 3.8) is 0 Å². The van der Waals surface area contributed by atoms with E-state index in [2.05, 4.69) is 0 Å². The molecule has 0 aromatic heterocycles. The first-order valence-corrected chi connectivity index (χ1v) is 5.21. The summed E-state index contributed by atoms with van der Waals surface area (Å²) in [6.45, 7) is 5.87. The van der Waals surface area contributed by atoms with Gasteiger partial charge in [-0.3, -0.25) is 4.79 Å². The zero-order valence-electron chi connectivity index (χ0n) is 9.95. The molecule has 16 heavy (non-hydrogen) atoms. The summed E-state index contributed by atoms with van der Waals surface area (Å²) in [5.74, 6) is -0.585. The van der Waals surface area contributed by atoms with Gasteiger partial charge in [-0.15, -0.1) is 0 Å². The quantitative estimate of drug-likeness (QED) is 0.651. The lowest BCUT2D eigenvalue weighted by atomic mass is 10.00. The van der Waals surface area contributed by atoms with Crippen LogP contribution in [0.3, 0.4) is 0 Å². The smallest absolute Gasteiger partial charge is 0.410 e. The molecule has 1 atom stereocenters. The lowest BCUT2D eigenvalue weighted by molar-refractivity contribution is -0.122. The summed E-state index contributed by atoms with van der Waals surface area (Å²) >= 11 is 0. The molecular formula is C10H19N3O3. The Morgan fingerprint density at radius 2 is 1.94 bits per heavy atom. The van der Waals surface area contributed by atoms with Crippen LogP contribution in [0.2, 0.25) is 0 Å². The molecule has 1 saturated heterocycles. The number of primary amides is 1. The van der Waals surface area contributed by atoms with Crippen LogP contribution in [0.4, 0.5) is 4.79 Å². The van der Waals surface area contributed by atoms with E-state index in [1.165, 1.54) is 4.90 Å². The van der Waals surface area contributed by atoms with Gasteiger partial charge in [-0.25, -0.2) is 4.79 Å². The molecule has 6 heteroatoms. The maximum atomic E-state index is 11.7. The fraction of sp³-hybridized carbons (Fsp3) is 0.800. The van der Waals surface area contributed by atoms with E-state index in [1.807, 2.05) is 0 Å². The first kappa shape index (κ1) is 12.8. The van der Waals surface area contributed by atoms with Gasteiger partial charge < -0.3 is 21.1 Å². The second-order valence-corrected chi connectivity index (χ2v) is 5.17. The molecule has 0 aromatic carbocycles. The van der Waals surface area contributed by atoms with Crippen LogP contribution in [0.5, 0.6) is 0 Å². The molecule has 0 aromatic rings. The number of rotatable bonds is 1. The van der Waals surface area contributed by atoms with Gasteiger partial charge in [-0.2, -0.15) is 0 Å². The Hall–Kier alpha value is -1.30. The van der Waals surface area contributed by atoms with E-state index in [4.69, 9.17) is 16.2 Å². The highest BCUT2D eigenvalue weighted by Crippen LogP contribution is 2.20. The van der Waals surface area contributed by atoms with E-state index in [1.54, 1.807) is 20.8 Å². The average molecular weight is 229 g/mol. The van der Waals surface area contributed by atoms with Crippen molar-refractivity contribution < 1.29 is 14.3 Å². The van der Waals surface area contributed by atoms with Gasteiger partial charge in [0.2, 0.25) is 5.91 Å². The molecule has 0 spiro atoms. The van der Waals surface area contributed by atoms with Crippen LogP contribution in [0, 0.1) is 0 Å². The van der Waals surface area contributed by atoms with E-state index in [9.17, 15) is 9.59 Å². The third-order valence-corrected chi connectivity index (χ3v) is 2.44. The van der Waals surface area contributed by atoms with Crippen LogP contribution < -0.4 is 11.5 Å². The summed E-state index contributed by atoms with van der Waals surface area (Å²) in [5.41, 5.74) is 9.28. The lowest BCUT2D eigenvalue weighted by Gasteiger charge is -2.25. The van der Waals surface area contributed by atoms with E-state index in [0.717, 1.165) is 0 Å². The van der Waals surface area contributed by atoms with Crippen molar-refractivity contribution in [2.75, 3.05) is 13.1 Å². The van der Waals surface area contributed by atoms with Crippen molar-refractivity contribution in [3.8, 4) is 0 Å². The van der Waals surface area contributed by atoms with Crippen molar-refractivity contribution in [3.05, 3.63) is 0 Å². The van der Waals surface area contributed by atoms with Crippen molar-refractivity contribution >= 4 is 12.0 Å². The van der Waals surface area contributed by atoms with Crippen LogP contribution in [0.25, 0.3) is 0 Å². The monoisotopic (exact) mass is 229 g/mol. The standard InChI is InChI=1S/C10H19N3O3/c1-9(2,3)16-8(15)13-5-4-10(12,6-13)7(11)14/h4-6,12H2,1-3H3,(H2,11,14)/t10-/m0/s1. The fourth-order valence-corrected chi connectivity index (χ4v) is 1.52. The Bertz CT molecular complexity index is 311.